The highest BCUT2D eigenvalue weighted by atomic mass is 16.3. The van der Waals surface area contributed by atoms with Crippen LogP contribution < -0.4 is 4.90 Å². The normalized spacial score (nSPS) is 11.5. The molecule has 0 saturated carbocycles. The molecule has 0 bridgehead atoms. The molecule has 9 rings (SSSR count). The first-order valence-electron chi connectivity index (χ1n) is 15.5. The zero-order valence-corrected chi connectivity index (χ0v) is 25.0. The van der Waals surface area contributed by atoms with Gasteiger partial charge in [0.15, 0.2) is 5.58 Å². The van der Waals surface area contributed by atoms with E-state index >= 15 is 0 Å². The highest BCUT2D eigenvalue weighted by molar-refractivity contribution is 6.13. The van der Waals surface area contributed by atoms with Crippen molar-refractivity contribution in [3.63, 3.8) is 0 Å². The smallest absolute Gasteiger partial charge is 0.177 e. The molecule has 3 heteroatoms. The zero-order chi connectivity index (χ0) is 30.5. The van der Waals surface area contributed by atoms with E-state index in [4.69, 9.17) is 9.40 Å². The van der Waals surface area contributed by atoms with E-state index in [0.717, 1.165) is 49.9 Å². The maximum Gasteiger partial charge on any atom is 0.177 e. The third-order valence-electron chi connectivity index (χ3n) is 8.90. The highest BCUT2D eigenvalue weighted by Crippen LogP contribution is 2.45. The number of nitrogens with zero attached hydrogens (tertiary/aromatic N) is 2. The van der Waals surface area contributed by atoms with Crippen LogP contribution in [0, 0.1) is 0 Å². The first kappa shape index (κ1) is 26.2. The number of aromatic nitrogens is 1. The largest absolute Gasteiger partial charge is 0.452 e. The van der Waals surface area contributed by atoms with Crippen LogP contribution in [0.15, 0.2) is 174 Å². The number of rotatable bonds is 5. The van der Waals surface area contributed by atoms with Gasteiger partial charge >= 0.3 is 0 Å². The molecule has 2 aromatic heterocycles. The van der Waals surface area contributed by atoms with Crippen LogP contribution in [0.25, 0.3) is 65.9 Å². The SMILES string of the molecule is c1ccc(-c2ccc(N(c3ccc(-c4ccccc4)c4ccccc34)c3ccnc4c3oc3cc5ccccc5cc34)cc2)cc1. The lowest BCUT2D eigenvalue weighted by molar-refractivity contribution is 0.669. The molecule has 9 aromatic rings. The molecular formula is C43H28N2O. The van der Waals surface area contributed by atoms with Crippen molar-refractivity contribution >= 4 is 60.7 Å². The summed E-state index contributed by atoms with van der Waals surface area (Å²) in [5.74, 6) is 0. The van der Waals surface area contributed by atoms with Gasteiger partial charge in [-0.05, 0) is 74.8 Å². The molecular weight excluding hydrogens is 560 g/mol. The van der Waals surface area contributed by atoms with Gasteiger partial charge in [0.2, 0.25) is 0 Å². The minimum Gasteiger partial charge on any atom is -0.452 e. The average molecular weight is 589 g/mol. The fourth-order valence-corrected chi connectivity index (χ4v) is 6.69. The lowest BCUT2D eigenvalue weighted by Crippen LogP contribution is -2.11. The number of furan rings is 1. The van der Waals surface area contributed by atoms with Gasteiger partial charge in [-0.1, -0.05) is 127 Å². The van der Waals surface area contributed by atoms with Crippen molar-refractivity contribution in [1.29, 1.82) is 0 Å². The molecule has 0 radical (unpaired) electrons. The molecule has 216 valence electrons. The zero-order valence-electron chi connectivity index (χ0n) is 25.0. The maximum atomic E-state index is 6.71. The average Bonchev–Trinajstić information content (AvgIpc) is 3.50. The molecule has 0 saturated heterocycles. The second-order valence-corrected chi connectivity index (χ2v) is 11.6. The molecule has 0 amide bonds. The highest BCUT2D eigenvalue weighted by Gasteiger charge is 2.22. The van der Waals surface area contributed by atoms with Crippen LogP contribution in [0.2, 0.25) is 0 Å². The summed E-state index contributed by atoms with van der Waals surface area (Å²) in [6.07, 6.45) is 1.90. The number of hydrogen-bond acceptors (Lipinski definition) is 3. The fraction of sp³-hybridized carbons (Fsp3) is 0. The predicted octanol–water partition coefficient (Wildman–Crippen LogP) is 12.1. The van der Waals surface area contributed by atoms with Crippen LogP contribution in [0.3, 0.4) is 0 Å². The van der Waals surface area contributed by atoms with Gasteiger partial charge in [-0.2, -0.15) is 0 Å². The Hall–Kier alpha value is -6.19. The van der Waals surface area contributed by atoms with Crippen LogP contribution in [0.5, 0.6) is 0 Å². The lowest BCUT2D eigenvalue weighted by Gasteiger charge is -2.27. The molecule has 0 aliphatic rings. The Kier molecular flexibility index (Phi) is 6.14. The Morgan fingerprint density at radius 3 is 1.85 bits per heavy atom. The van der Waals surface area contributed by atoms with Crippen LogP contribution >= 0.6 is 0 Å². The molecule has 0 fully saturated rings. The van der Waals surface area contributed by atoms with E-state index in [2.05, 4.69) is 169 Å². The van der Waals surface area contributed by atoms with Crippen molar-refractivity contribution in [2.45, 2.75) is 0 Å². The molecule has 0 atom stereocenters. The molecule has 2 heterocycles. The number of benzene rings is 7. The molecule has 0 aliphatic heterocycles. The first-order chi connectivity index (χ1) is 22.8. The van der Waals surface area contributed by atoms with Crippen molar-refractivity contribution in [2.24, 2.45) is 0 Å². The quantitative estimate of drug-likeness (QED) is 0.200. The second kappa shape index (κ2) is 10.8. The van der Waals surface area contributed by atoms with Gasteiger partial charge in [0.25, 0.3) is 0 Å². The van der Waals surface area contributed by atoms with Gasteiger partial charge in [0.1, 0.15) is 11.1 Å². The standard InChI is InChI=1S/C43H28N2O/c1-3-11-29(12-4-1)30-19-21-34(22-20-30)45(39-24-23-35(31-13-5-2-6-14-31)36-17-9-10-18-37(36)39)40-25-26-44-42-38-27-32-15-7-8-16-33(32)28-41(38)46-43(40)42/h1-28H. The molecule has 0 N–H and O–H groups in total. The van der Waals surface area contributed by atoms with E-state index < -0.39 is 0 Å². The number of fused-ring (bicyclic) bond motifs is 5. The molecule has 0 aliphatic carbocycles. The second-order valence-electron chi connectivity index (χ2n) is 11.6. The van der Waals surface area contributed by atoms with E-state index in [1.54, 1.807) is 0 Å². The Morgan fingerprint density at radius 2 is 1.09 bits per heavy atom. The van der Waals surface area contributed by atoms with Gasteiger partial charge in [0.05, 0.1) is 11.4 Å². The van der Waals surface area contributed by atoms with E-state index in [1.165, 1.54) is 33.0 Å². The van der Waals surface area contributed by atoms with E-state index in [-0.39, 0.29) is 0 Å². The summed E-state index contributed by atoms with van der Waals surface area (Å²) in [6, 6.07) is 57.8. The molecule has 0 unspecified atom stereocenters. The van der Waals surface area contributed by atoms with Crippen molar-refractivity contribution in [3.05, 3.63) is 170 Å². The summed E-state index contributed by atoms with van der Waals surface area (Å²) in [7, 11) is 0. The van der Waals surface area contributed by atoms with Gasteiger partial charge in [0, 0.05) is 22.7 Å². The minimum absolute atomic E-state index is 0.760. The van der Waals surface area contributed by atoms with E-state index in [0.29, 0.717) is 0 Å². The van der Waals surface area contributed by atoms with Crippen LogP contribution in [-0.4, -0.2) is 4.98 Å². The van der Waals surface area contributed by atoms with E-state index in [1.807, 2.05) is 6.20 Å². The van der Waals surface area contributed by atoms with Gasteiger partial charge < -0.3 is 9.32 Å². The Morgan fingerprint density at radius 1 is 0.457 bits per heavy atom. The van der Waals surface area contributed by atoms with Crippen molar-refractivity contribution < 1.29 is 4.42 Å². The van der Waals surface area contributed by atoms with Crippen molar-refractivity contribution in [1.82, 2.24) is 4.98 Å². The van der Waals surface area contributed by atoms with Crippen molar-refractivity contribution in [3.8, 4) is 22.3 Å². The predicted molar refractivity (Wildman–Crippen MR) is 192 cm³/mol. The van der Waals surface area contributed by atoms with Crippen LogP contribution in [0.1, 0.15) is 0 Å². The third-order valence-corrected chi connectivity index (χ3v) is 8.90. The number of anilines is 3. The molecule has 7 aromatic carbocycles. The third kappa shape index (κ3) is 4.33. The molecule has 3 nitrogen and oxygen atoms in total. The minimum atomic E-state index is 0.760. The Bertz CT molecular complexity index is 2520. The fourth-order valence-electron chi connectivity index (χ4n) is 6.69. The van der Waals surface area contributed by atoms with E-state index in [9.17, 15) is 0 Å². The maximum absolute atomic E-state index is 6.71. The first-order valence-corrected chi connectivity index (χ1v) is 15.5. The summed E-state index contributed by atoms with van der Waals surface area (Å²) < 4.78 is 6.71. The molecule has 0 spiro atoms. The summed E-state index contributed by atoms with van der Waals surface area (Å²) in [6.45, 7) is 0. The van der Waals surface area contributed by atoms with Gasteiger partial charge in [-0.15, -0.1) is 0 Å². The summed E-state index contributed by atoms with van der Waals surface area (Å²) in [5, 5.41) is 5.67. The van der Waals surface area contributed by atoms with Crippen LogP contribution in [-0.2, 0) is 0 Å². The summed E-state index contributed by atoms with van der Waals surface area (Å²) in [4.78, 5) is 7.17. The van der Waals surface area contributed by atoms with Gasteiger partial charge in [-0.25, -0.2) is 0 Å². The van der Waals surface area contributed by atoms with Gasteiger partial charge in [-0.3, -0.25) is 4.98 Å². The summed E-state index contributed by atoms with van der Waals surface area (Å²) in [5.41, 5.74) is 10.3. The van der Waals surface area contributed by atoms with Crippen LogP contribution in [0.4, 0.5) is 17.1 Å². The Labute approximate surface area is 266 Å². The monoisotopic (exact) mass is 588 g/mol. The lowest BCUT2D eigenvalue weighted by atomic mass is 9.96. The summed E-state index contributed by atoms with van der Waals surface area (Å²) >= 11 is 0. The molecule has 46 heavy (non-hydrogen) atoms. The topological polar surface area (TPSA) is 29.3 Å². The number of hydrogen-bond donors (Lipinski definition) is 0. The number of pyridine rings is 1. The van der Waals surface area contributed by atoms with Crippen molar-refractivity contribution in [2.75, 3.05) is 4.90 Å². The Balaban J connectivity index is 1.30.